The van der Waals surface area contributed by atoms with E-state index in [-0.39, 0.29) is 17.7 Å². The van der Waals surface area contributed by atoms with Crippen LogP contribution in [0, 0.1) is 0 Å². The minimum absolute atomic E-state index is 0.0646. The Bertz CT molecular complexity index is 549. The maximum Gasteiger partial charge on any atom is 0.354 e. The monoisotopic (exact) mass is 247 g/mol. The van der Waals surface area contributed by atoms with Gasteiger partial charge in [-0.2, -0.15) is 0 Å². The molecule has 0 aromatic carbocycles. The van der Waals surface area contributed by atoms with E-state index in [2.05, 4.69) is 9.97 Å². The van der Waals surface area contributed by atoms with Crippen molar-refractivity contribution in [3.8, 4) is 11.8 Å². The average molecular weight is 247 g/mol. The number of aromatic nitrogens is 3. The summed E-state index contributed by atoms with van der Waals surface area (Å²) >= 11 is 0. The molecule has 2 aromatic rings. The van der Waals surface area contributed by atoms with E-state index in [1.54, 1.807) is 24.5 Å². The molecule has 0 spiro atoms. The van der Waals surface area contributed by atoms with Gasteiger partial charge in [0.25, 0.3) is 0 Å². The van der Waals surface area contributed by atoms with Gasteiger partial charge in [-0.3, -0.25) is 9.55 Å². The molecule has 0 aliphatic heterocycles. The average Bonchev–Trinajstić information content (AvgIpc) is 2.74. The third kappa shape index (κ3) is 2.32. The van der Waals surface area contributed by atoms with E-state index in [1.165, 1.54) is 10.8 Å². The number of imidazole rings is 1. The first-order valence-corrected chi connectivity index (χ1v) is 5.48. The quantitative estimate of drug-likeness (QED) is 0.897. The standard InChI is InChI=1S/C12H13N3O3/c1-8(2)15-10(11(16)17)7-14-12(15)18-9-4-3-5-13-6-9/h3-8H,1-2H3,(H,16,17). The normalized spacial score (nSPS) is 10.6. The fraction of sp³-hybridized carbons (Fsp3) is 0.250. The summed E-state index contributed by atoms with van der Waals surface area (Å²) in [6.45, 7) is 3.73. The number of hydrogen-bond donors (Lipinski definition) is 1. The van der Waals surface area contributed by atoms with E-state index in [0.717, 1.165) is 0 Å². The second kappa shape index (κ2) is 4.87. The van der Waals surface area contributed by atoms with Crippen molar-refractivity contribution >= 4 is 5.97 Å². The molecule has 0 saturated heterocycles. The van der Waals surface area contributed by atoms with Gasteiger partial charge in [0.1, 0.15) is 11.4 Å². The molecule has 6 nitrogen and oxygen atoms in total. The van der Waals surface area contributed by atoms with Crippen LogP contribution in [0.2, 0.25) is 0 Å². The molecule has 2 heterocycles. The molecule has 2 aromatic heterocycles. The summed E-state index contributed by atoms with van der Waals surface area (Å²) in [6, 6.07) is 3.64. The first-order valence-electron chi connectivity index (χ1n) is 5.48. The molecule has 18 heavy (non-hydrogen) atoms. The van der Waals surface area contributed by atoms with Crippen molar-refractivity contribution in [2.75, 3.05) is 0 Å². The van der Waals surface area contributed by atoms with Crippen LogP contribution in [0.5, 0.6) is 11.8 Å². The third-order valence-electron chi connectivity index (χ3n) is 2.34. The first kappa shape index (κ1) is 12.1. The number of nitrogens with zero attached hydrogens (tertiary/aromatic N) is 3. The Balaban J connectivity index is 2.37. The summed E-state index contributed by atoms with van der Waals surface area (Å²) in [5.74, 6) is -0.515. The Hall–Kier alpha value is -2.37. The number of hydrogen-bond acceptors (Lipinski definition) is 4. The van der Waals surface area contributed by atoms with Crippen molar-refractivity contribution in [2.45, 2.75) is 19.9 Å². The Morgan fingerprint density at radius 1 is 1.44 bits per heavy atom. The van der Waals surface area contributed by atoms with Crippen LogP contribution in [0.1, 0.15) is 30.4 Å². The zero-order valence-electron chi connectivity index (χ0n) is 10.1. The van der Waals surface area contributed by atoms with Gasteiger partial charge in [-0.05, 0) is 26.0 Å². The van der Waals surface area contributed by atoms with Crippen LogP contribution in [0.15, 0.2) is 30.7 Å². The minimum atomic E-state index is -1.03. The lowest BCUT2D eigenvalue weighted by molar-refractivity contribution is 0.0682. The molecule has 0 aliphatic rings. The molecule has 0 saturated carbocycles. The van der Waals surface area contributed by atoms with E-state index >= 15 is 0 Å². The summed E-state index contributed by atoms with van der Waals surface area (Å²) in [5, 5.41) is 9.07. The molecule has 0 unspecified atom stereocenters. The number of pyridine rings is 1. The Morgan fingerprint density at radius 3 is 2.78 bits per heavy atom. The van der Waals surface area contributed by atoms with Crippen molar-refractivity contribution in [2.24, 2.45) is 0 Å². The molecular formula is C12H13N3O3. The molecule has 0 bridgehead atoms. The fourth-order valence-electron chi connectivity index (χ4n) is 1.59. The Kier molecular flexibility index (Phi) is 3.27. The Morgan fingerprint density at radius 2 is 2.22 bits per heavy atom. The van der Waals surface area contributed by atoms with Crippen LogP contribution in [-0.4, -0.2) is 25.6 Å². The highest BCUT2D eigenvalue weighted by Gasteiger charge is 2.19. The van der Waals surface area contributed by atoms with Crippen molar-refractivity contribution < 1.29 is 14.6 Å². The number of rotatable bonds is 4. The lowest BCUT2D eigenvalue weighted by atomic mass is 10.3. The molecule has 0 amide bonds. The van der Waals surface area contributed by atoms with Crippen LogP contribution in [0.3, 0.4) is 0 Å². The topological polar surface area (TPSA) is 77.2 Å². The fourth-order valence-corrected chi connectivity index (χ4v) is 1.59. The van der Waals surface area contributed by atoms with E-state index in [0.29, 0.717) is 5.75 Å². The highest BCUT2D eigenvalue weighted by Crippen LogP contribution is 2.24. The summed E-state index contributed by atoms with van der Waals surface area (Å²) in [4.78, 5) is 19.0. The second-order valence-electron chi connectivity index (χ2n) is 3.99. The summed E-state index contributed by atoms with van der Waals surface area (Å²) in [7, 11) is 0. The number of ether oxygens (including phenoxy) is 1. The Labute approximate surface area is 104 Å². The smallest absolute Gasteiger partial charge is 0.354 e. The number of carboxylic acids is 1. The van der Waals surface area contributed by atoms with Crippen LogP contribution in [0.25, 0.3) is 0 Å². The molecule has 0 fully saturated rings. The lowest BCUT2D eigenvalue weighted by Crippen LogP contribution is -2.11. The van der Waals surface area contributed by atoms with E-state index in [4.69, 9.17) is 9.84 Å². The van der Waals surface area contributed by atoms with Gasteiger partial charge in [-0.1, -0.05) is 0 Å². The lowest BCUT2D eigenvalue weighted by Gasteiger charge is -2.13. The van der Waals surface area contributed by atoms with Gasteiger partial charge in [0, 0.05) is 12.2 Å². The predicted molar refractivity (Wildman–Crippen MR) is 63.9 cm³/mol. The van der Waals surface area contributed by atoms with Crippen molar-refractivity contribution in [3.63, 3.8) is 0 Å². The van der Waals surface area contributed by atoms with Gasteiger partial charge in [-0.15, -0.1) is 0 Å². The number of carbonyl (C=O) groups is 1. The number of carboxylic acid groups (broad SMARTS) is 1. The molecule has 2 rings (SSSR count). The zero-order valence-corrected chi connectivity index (χ0v) is 10.1. The zero-order chi connectivity index (χ0) is 13.1. The second-order valence-corrected chi connectivity index (χ2v) is 3.99. The highest BCUT2D eigenvalue weighted by atomic mass is 16.5. The third-order valence-corrected chi connectivity index (χ3v) is 2.34. The van der Waals surface area contributed by atoms with Gasteiger partial charge >= 0.3 is 12.0 Å². The molecular weight excluding hydrogens is 234 g/mol. The molecule has 1 N–H and O–H groups in total. The minimum Gasteiger partial charge on any atom is -0.477 e. The van der Waals surface area contributed by atoms with Crippen molar-refractivity contribution in [3.05, 3.63) is 36.4 Å². The van der Waals surface area contributed by atoms with Gasteiger partial charge in [-0.25, -0.2) is 9.78 Å². The predicted octanol–water partition coefficient (Wildman–Crippen LogP) is 2.35. The molecule has 0 atom stereocenters. The van der Waals surface area contributed by atoms with Gasteiger partial charge in [0.05, 0.1) is 12.4 Å². The van der Waals surface area contributed by atoms with E-state index in [1.807, 2.05) is 13.8 Å². The molecule has 0 radical (unpaired) electrons. The van der Waals surface area contributed by atoms with E-state index in [9.17, 15) is 4.79 Å². The largest absolute Gasteiger partial charge is 0.477 e. The summed E-state index contributed by atoms with van der Waals surface area (Å²) in [6.07, 6.45) is 4.46. The van der Waals surface area contributed by atoms with Crippen molar-refractivity contribution in [1.82, 2.24) is 14.5 Å². The van der Waals surface area contributed by atoms with E-state index < -0.39 is 5.97 Å². The SMILES string of the molecule is CC(C)n1c(C(=O)O)cnc1Oc1cccnc1. The number of aromatic carboxylic acids is 1. The maximum atomic E-state index is 11.1. The molecule has 0 aliphatic carbocycles. The highest BCUT2D eigenvalue weighted by molar-refractivity contribution is 5.85. The van der Waals surface area contributed by atoms with Gasteiger partial charge in [0.2, 0.25) is 0 Å². The summed E-state index contributed by atoms with van der Waals surface area (Å²) < 4.78 is 7.05. The van der Waals surface area contributed by atoms with Crippen LogP contribution < -0.4 is 4.74 Å². The van der Waals surface area contributed by atoms with Gasteiger partial charge in [0.15, 0.2) is 0 Å². The van der Waals surface area contributed by atoms with Crippen molar-refractivity contribution in [1.29, 1.82) is 0 Å². The molecule has 6 heteroatoms. The first-order chi connectivity index (χ1) is 8.59. The maximum absolute atomic E-state index is 11.1. The van der Waals surface area contributed by atoms with Crippen LogP contribution in [0.4, 0.5) is 0 Å². The summed E-state index contributed by atoms with van der Waals surface area (Å²) in [5.41, 5.74) is 0.101. The molecule has 94 valence electrons. The van der Waals surface area contributed by atoms with Gasteiger partial charge < -0.3 is 9.84 Å². The van der Waals surface area contributed by atoms with Crippen LogP contribution >= 0.6 is 0 Å². The van der Waals surface area contributed by atoms with Crippen LogP contribution in [-0.2, 0) is 0 Å².